The maximum Gasteiger partial charge on any atom is 0.146 e. The first-order valence-corrected chi connectivity index (χ1v) is 7.76. The Morgan fingerprint density at radius 3 is 2.80 bits per heavy atom. The minimum absolute atomic E-state index is 0.146. The van der Waals surface area contributed by atoms with Gasteiger partial charge in [-0.05, 0) is 31.0 Å². The Bertz CT molecular complexity index is 545. The fourth-order valence-electron chi connectivity index (χ4n) is 2.22. The molecule has 0 radical (unpaired) electrons. The third-order valence-corrected chi connectivity index (χ3v) is 4.61. The number of rotatable bonds is 6. The number of hydrogen-bond acceptors (Lipinski definition) is 3. The summed E-state index contributed by atoms with van der Waals surface area (Å²) in [5.41, 5.74) is 6.39. The van der Waals surface area contributed by atoms with E-state index in [1.54, 1.807) is 29.5 Å². The molecule has 0 bridgehead atoms. The van der Waals surface area contributed by atoms with Crippen LogP contribution < -0.4 is 5.73 Å². The van der Waals surface area contributed by atoms with E-state index in [0.717, 1.165) is 13.0 Å². The Balaban J connectivity index is 2.08. The summed E-state index contributed by atoms with van der Waals surface area (Å²) >= 11 is 7.58. The maximum atomic E-state index is 14.1. The van der Waals surface area contributed by atoms with Crippen molar-refractivity contribution in [3.63, 3.8) is 0 Å². The molecule has 2 nitrogen and oxygen atoms in total. The van der Waals surface area contributed by atoms with Crippen molar-refractivity contribution in [2.75, 3.05) is 20.1 Å². The molecule has 0 aliphatic heterocycles. The van der Waals surface area contributed by atoms with Gasteiger partial charge in [0.05, 0.1) is 5.02 Å². The summed E-state index contributed by atoms with van der Waals surface area (Å²) in [6.07, 6.45) is 0.937. The molecule has 1 aromatic carbocycles. The highest BCUT2D eigenvalue weighted by molar-refractivity contribution is 7.09. The smallest absolute Gasteiger partial charge is 0.146 e. The molecule has 0 aliphatic carbocycles. The van der Waals surface area contributed by atoms with Crippen molar-refractivity contribution in [2.45, 2.75) is 12.5 Å². The van der Waals surface area contributed by atoms with E-state index in [-0.39, 0.29) is 16.9 Å². The van der Waals surface area contributed by atoms with Gasteiger partial charge in [-0.25, -0.2) is 4.39 Å². The number of hydrogen-bond donors (Lipinski definition) is 1. The van der Waals surface area contributed by atoms with Crippen LogP contribution in [0, 0.1) is 5.82 Å². The lowest BCUT2D eigenvalue weighted by Crippen LogP contribution is -2.32. The van der Waals surface area contributed by atoms with Gasteiger partial charge in [0.25, 0.3) is 0 Å². The highest BCUT2D eigenvalue weighted by Crippen LogP contribution is 2.26. The second-order valence-electron chi connectivity index (χ2n) is 4.70. The van der Waals surface area contributed by atoms with Crippen molar-refractivity contribution in [2.24, 2.45) is 5.73 Å². The number of nitrogens with two attached hydrogens (primary N) is 1. The standard InChI is InChI=1S/C15H18ClFN2S/c1-19(8-7-11-4-3-9-20-11)14(10-18)12-5-2-6-13(16)15(12)17/h2-6,9,14H,7-8,10,18H2,1H3. The van der Waals surface area contributed by atoms with Gasteiger partial charge in [0.2, 0.25) is 0 Å². The van der Waals surface area contributed by atoms with Crippen molar-refractivity contribution in [3.05, 3.63) is 57.0 Å². The van der Waals surface area contributed by atoms with Crippen LogP contribution in [-0.2, 0) is 6.42 Å². The molecule has 0 fully saturated rings. The Kier molecular flexibility index (Phi) is 5.54. The molecule has 108 valence electrons. The van der Waals surface area contributed by atoms with E-state index in [0.29, 0.717) is 12.1 Å². The largest absolute Gasteiger partial charge is 0.329 e. The minimum atomic E-state index is -0.368. The average molecular weight is 313 g/mol. The van der Waals surface area contributed by atoms with E-state index in [1.807, 2.05) is 13.1 Å². The van der Waals surface area contributed by atoms with Gasteiger partial charge >= 0.3 is 0 Å². The lowest BCUT2D eigenvalue weighted by molar-refractivity contribution is 0.248. The molecular weight excluding hydrogens is 295 g/mol. The van der Waals surface area contributed by atoms with Gasteiger partial charge in [-0.2, -0.15) is 0 Å². The first-order chi connectivity index (χ1) is 9.63. The first kappa shape index (κ1) is 15.4. The summed E-state index contributed by atoms with van der Waals surface area (Å²) in [7, 11) is 1.96. The molecule has 1 unspecified atom stereocenters. The molecule has 5 heteroatoms. The van der Waals surface area contributed by atoms with Crippen LogP contribution in [0.5, 0.6) is 0 Å². The van der Waals surface area contributed by atoms with Crippen LogP contribution in [0.15, 0.2) is 35.7 Å². The second kappa shape index (κ2) is 7.18. The molecule has 1 aromatic heterocycles. The monoisotopic (exact) mass is 312 g/mol. The van der Waals surface area contributed by atoms with Crippen LogP contribution in [0.3, 0.4) is 0 Å². The Labute approximate surface area is 128 Å². The zero-order valence-corrected chi connectivity index (χ0v) is 12.9. The summed E-state index contributed by atoms with van der Waals surface area (Å²) in [6, 6.07) is 9.05. The van der Waals surface area contributed by atoms with Crippen LogP contribution >= 0.6 is 22.9 Å². The fourth-order valence-corrected chi connectivity index (χ4v) is 3.10. The number of thiophene rings is 1. The second-order valence-corrected chi connectivity index (χ2v) is 6.14. The van der Waals surface area contributed by atoms with Crippen LogP contribution in [-0.4, -0.2) is 25.0 Å². The van der Waals surface area contributed by atoms with Crippen LogP contribution in [0.2, 0.25) is 5.02 Å². The van der Waals surface area contributed by atoms with Crippen LogP contribution in [0.1, 0.15) is 16.5 Å². The highest BCUT2D eigenvalue weighted by atomic mass is 35.5. The predicted octanol–water partition coefficient (Wildman–Crippen LogP) is 3.71. The zero-order valence-electron chi connectivity index (χ0n) is 11.4. The van der Waals surface area contributed by atoms with Gasteiger partial charge in [-0.3, -0.25) is 4.90 Å². The summed E-state index contributed by atoms with van der Waals surface area (Å²) in [5.74, 6) is -0.368. The van der Waals surface area contributed by atoms with E-state index in [4.69, 9.17) is 17.3 Å². The lowest BCUT2D eigenvalue weighted by Gasteiger charge is -2.27. The van der Waals surface area contributed by atoms with Crippen molar-refractivity contribution >= 4 is 22.9 Å². The summed E-state index contributed by atoms with van der Waals surface area (Å²) in [5, 5.41) is 2.21. The third kappa shape index (κ3) is 3.58. The Morgan fingerprint density at radius 2 is 2.15 bits per heavy atom. The van der Waals surface area contributed by atoms with E-state index in [9.17, 15) is 4.39 Å². The van der Waals surface area contributed by atoms with Crippen LogP contribution in [0.25, 0.3) is 0 Å². The summed E-state index contributed by atoms with van der Waals surface area (Å²) in [6.45, 7) is 1.19. The molecule has 0 saturated carbocycles. The molecule has 2 N–H and O–H groups in total. The molecule has 1 atom stereocenters. The summed E-state index contributed by atoms with van der Waals surface area (Å²) in [4.78, 5) is 3.40. The normalized spacial score (nSPS) is 12.8. The Hall–Kier alpha value is -0.940. The van der Waals surface area contributed by atoms with Gasteiger partial charge < -0.3 is 5.73 Å². The SMILES string of the molecule is CN(CCc1cccs1)C(CN)c1cccc(Cl)c1F. The molecule has 0 saturated heterocycles. The minimum Gasteiger partial charge on any atom is -0.329 e. The van der Waals surface area contributed by atoms with Crippen LogP contribution in [0.4, 0.5) is 4.39 Å². The van der Waals surface area contributed by atoms with Crippen molar-refractivity contribution in [3.8, 4) is 0 Å². The maximum absolute atomic E-state index is 14.1. The van der Waals surface area contributed by atoms with E-state index in [1.165, 1.54) is 4.88 Å². The molecule has 0 spiro atoms. The van der Waals surface area contributed by atoms with Gasteiger partial charge in [0.1, 0.15) is 5.82 Å². The average Bonchev–Trinajstić information content (AvgIpc) is 2.95. The van der Waals surface area contributed by atoms with Gasteiger partial charge in [-0.1, -0.05) is 29.8 Å². The zero-order chi connectivity index (χ0) is 14.5. The number of nitrogens with zero attached hydrogens (tertiary/aromatic N) is 1. The van der Waals surface area contributed by atoms with Crippen molar-refractivity contribution in [1.82, 2.24) is 4.90 Å². The molecule has 1 heterocycles. The first-order valence-electron chi connectivity index (χ1n) is 6.50. The summed E-state index contributed by atoms with van der Waals surface area (Å²) < 4.78 is 14.1. The predicted molar refractivity (Wildman–Crippen MR) is 83.9 cm³/mol. The molecule has 0 amide bonds. The van der Waals surface area contributed by atoms with Crippen molar-refractivity contribution in [1.29, 1.82) is 0 Å². The molecule has 2 aromatic rings. The van der Waals surface area contributed by atoms with Gasteiger partial charge in [-0.15, -0.1) is 11.3 Å². The fraction of sp³-hybridized carbons (Fsp3) is 0.333. The number of halogens is 2. The van der Waals surface area contributed by atoms with E-state index in [2.05, 4.69) is 16.3 Å². The molecule has 20 heavy (non-hydrogen) atoms. The topological polar surface area (TPSA) is 29.3 Å². The lowest BCUT2D eigenvalue weighted by atomic mass is 10.0. The van der Waals surface area contributed by atoms with E-state index >= 15 is 0 Å². The van der Waals surface area contributed by atoms with Crippen molar-refractivity contribution < 1.29 is 4.39 Å². The number of benzene rings is 1. The molecule has 2 rings (SSSR count). The number of likely N-dealkylation sites (N-methyl/N-ethyl adjacent to an activating group) is 1. The van der Waals surface area contributed by atoms with Gasteiger partial charge in [0.15, 0.2) is 0 Å². The highest BCUT2D eigenvalue weighted by Gasteiger charge is 2.20. The van der Waals surface area contributed by atoms with E-state index < -0.39 is 0 Å². The molecule has 0 aliphatic rings. The van der Waals surface area contributed by atoms with Gasteiger partial charge in [0, 0.05) is 29.6 Å². The third-order valence-electron chi connectivity index (χ3n) is 3.39. The Morgan fingerprint density at radius 1 is 1.35 bits per heavy atom. The molecular formula is C15H18ClFN2S. The quantitative estimate of drug-likeness (QED) is 0.881.